The van der Waals surface area contributed by atoms with E-state index in [2.05, 4.69) is 71.4 Å². The van der Waals surface area contributed by atoms with Crippen molar-refractivity contribution in [2.75, 3.05) is 0 Å². The Bertz CT molecular complexity index is 866. The van der Waals surface area contributed by atoms with Crippen LogP contribution in [0, 0.1) is 0 Å². The molecular weight excluding hydrogens is 356 g/mol. The molecule has 148 valence electrons. The predicted octanol–water partition coefficient (Wildman–Crippen LogP) is 9.07. The first kappa shape index (κ1) is 23.8. The number of benzene rings is 2. The molecule has 0 fully saturated rings. The van der Waals surface area contributed by atoms with Crippen LogP contribution in [0.25, 0.3) is 35.4 Å². The molecule has 0 spiro atoms. The SMILES string of the molecule is C=Cc1cc(C(C)C)cc(-c2c(C(C)S)ccc(C=C)c2C=C)c1C=C.CC. The molecule has 1 heteroatoms. The van der Waals surface area contributed by atoms with Gasteiger partial charge in [-0.25, -0.2) is 0 Å². The standard InChI is InChI=1S/C25H28S.C2H6/c1-8-18-12-13-23(17(7)26)25(22(18)11-4)24-15-20(16(5)6)14-19(9-2)21(24)10-3;1-2/h8-17,26H,1-4H2,5-7H3;1-2H3. The van der Waals surface area contributed by atoms with Gasteiger partial charge in [-0.2, -0.15) is 12.6 Å². The van der Waals surface area contributed by atoms with Crippen LogP contribution in [0.1, 0.15) is 79.2 Å². The monoisotopic (exact) mass is 390 g/mol. The Morgan fingerprint density at radius 2 is 1.36 bits per heavy atom. The second-order valence-electron chi connectivity index (χ2n) is 6.75. The van der Waals surface area contributed by atoms with Crippen molar-refractivity contribution in [2.45, 2.75) is 45.8 Å². The molecule has 1 atom stereocenters. The van der Waals surface area contributed by atoms with Gasteiger partial charge >= 0.3 is 0 Å². The van der Waals surface area contributed by atoms with Gasteiger partial charge in [0.2, 0.25) is 0 Å². The molecule has 0 aliphatic carbocycles. The van der Waals surface area contributed by atoms with Crippen LogP contribution in [-0.4, -0.2) is 0 Å². The largest absolute Gasteiger partial charge is 0.171 e. The zero-order valence-electron chi connectivity index (χ0n) is 18.0. The van der Waals surface area contributed by atoms with E-state index in [1.54, 1.807) is 0 Å². The van der Waals surface area contributed by atoms with Crippen LogP contribution in [0.5, 0.6) is 0 Å². The molecule has 1 unspecified atom stereocenters. The summed E-state index contributed by atoms with van der Waals surface area (Å²) < 4.78 is 0. The third-order valence-electron chi connectivity index (χ3n) is 4.78. The normalized spacial score (nSPS) is 11.2. The maximum atomic E-state index is 4.73. The lowest BCUT2D eigenvalue weighted by Gasteiger charge is -2.22. The Balaban J connectivity index is 0.00000190. The minimum atomic E-state index is 0.0927. The van der Waals surface area contributed by atoms with Gasteiger partial charge < -0.3 is 0 Å². The Hall–Kier alpha value is -2.25. The minimum Gasteiger partial charge on any atom is -0.171 e. The highest BCUT2D eigenvalue weighted by Gasteiger charge is 2.19. The lowest BCUT2D eigenvalue weighted by Crippen LogP contribution is -2.01. The van der Waals surface area contributed by atoms with Gasteiger partial charge in [0, 0.05) is 5.25 Å². The zero-order chi connectivity index (χ0) is 21.4. The van der Waals surface area contributed by atoms with E-state index < -0.39 is 0 Å². The molecule has 0 N–H and O–H groups in total. The fraction of sp³-hybridized carbons (Fsp3) is 0.259. The van der Waals surface area contributed by atoms with E-state index in [9.17, 15) is 0 Å². The van der Waals surface area contributed by atoms with Crippen molar-refractivity contribution in [1.82, 2.24) is 0 Å². The molecule has 2 rings (SSSR count). The Morgan fingerprint density at radius 1 is 0.786 bits per heavy atom. The third-order valence-corrected chi connectivity index (χ3v) is 5.06. The molecule has 0 aromatic heterocycles. The summed E-state index contributed by atoms with van der Waals surface area (Å²) in [6.07, 6.45) is 7.61. The van der Waals surface area contributed by atoms with Crippen molar-refractivity contribution < 1.29 is 0 Å². The van der Waals surface area contributed by atoms with Gasteiger partial charge in [0.25, 0.3) is 0 Å². The van der Waals surface area contributed by atoms with Crippen molar-refractivity contribution in [1.29, 1.82) is 0 Å². The molecular formula is C27H34S. The first-order chi connectivity index (χ1) is 13.4. The summed E-state index contributed by atoms with van der Waals surface area (Å²) in [4.78, 5) is 0. The van der Waals surface area contributed by atoms with E-state index in [0.29, 0.717) is 5.92 Å². The average Bonchev–Trinajstić information content (AvgIpc) is 2.72. The summed E-state index contributed by atoms with van der Waals surface area (Å²) in [5.74, 6) is 0.415. The summed E-state index contributed by atoms with van der Waals surface area (Å²) in [7, 11) is 0. The first-order valence-corrected chi connectivity index (χ1v) is 10.4. The van der Waals surface area contributed by atoms with Crippen molar-refractivity contribution in [3.8, 4) is 11.1 Å². The van der Waals surface area contributed by atoms with Gasteiger partial charge in [-0.1, -0.05) is 103 Å². The predicted molar refractivity (Wildman–Crippen MR) is 135 cm³/mol. The van der Waals surface area contributed by atoms with E-state index in [-0.39, 0.29) is 5.25 Å². The second-order valence-corrected chi connectivity index (χ2v) is 7.53. The van der Waals surface area contributed by atoms with Crippen molar-refractivity contribution in [3.05, 3.63) is 84.0 Å². The van der Waals surface area contributed by atoms with E-state index in [4.69, 9.17) is 12.6 Å². The summed E-state index contributed by atoms with van der Waals surface area (Å²) >= 11 is 4.73. The van der Waals surface area contributed by atoms with Crippen LogP contribution in [0.2, 0.25) is 0 Å². The highest BCUT2D eigenvalue weighted by molar-refractivity contribution is 7.80. The molecule has 0 radical (unpaired) electrons. The van der Waals surface area contributed by atoms with Crippen LogP contribution < -0.4 is 0 Å². The van der Waals surface area contributed by atoms with Crippen LogP contribution in [0.15, 0.2) is 50.6 Å². The highest BCUT2D eigenvalue weighted by atomic mass is 32.1. The molecule has 2 aromatic carbocycles. The van der Waals surface area contributed by atoms with E-state index in [1.165, 1.54) is 11.1 Å². The fourth-order valence-electron chi connectivity index (χ4n) is 3.33. The second kappa shape index (κ2) is 10.9. The van der Waals surface area contributed by atoms with Crippen molar-refractivity contribution >= 4 is 36.9 Å². The molecule has 0 aliphatic rings. The van der Waals surface area contributed by atoms with Crippen molar-refractivity contribution in [2.24, 2.45) is 0 Å². The highest BCUT2D eigenvalue weighted by Crippen LogP contribution is 2.41. The number of hydrogen-bond acceptors (Lipinski definition) is 1. The quantitative estimate of drug-likeness (QED) is 0.448. The number of hydrogen-bond donors (Lipinski definition) is 1. The zero-order valence-corrected chi connectivity index (χ0v) is 18.9. The summed E-state index contributed by atoms with van der Waals surface area (Å²) in [5, 5.41) is 0.0927. The molecule has 0 heterocycles. The molecule has 0 aliphatic heterocycles. The number of rotatable bonds is 7. The van der Waals surface area contributed by atoms with Gasteiger partial charge in [0.1, 0.15) is 0 Å². The van der Waals surface area contributed by atoms with Crippen LogP contribution in [-0.2, 0) is 0 Å². The van der Waals surface area contributed by atoms with Gasteiger partial charge in [0.15, 0.2) is 0 Å². The first-order valence-electron chi connectivity index (χ1n) is 9.92. The van der Waals surface area contributed by atoms with E-state index >= 15 is 0 Å². The summed E-state index contributed by atoms with van der Waals surface area (Å²) in [6, 6.07) is 8.69. The fourth-order valence-corrected chi connectivity index (χ4v) is 3.55. The molecule has 28 heavy (non-hydrogen) atoms. The third kappa shape index (κ3) is 4.77. The van der Waals surface area contributed by atoms with E-state index in [1.807, 2.05) is 38.2 Å². The Morgan fingerprint density at radius 3 is 1.79 bits per heavy atom. The molecule has 0 nitrogen and oxygen atoms in total. The van der Waals surface area contributed by atoms with Crippen LogP contribution in [0.4, 0.5) is 0 Å². The van der Waals surface area contributed by atoms with Crippen molar-refractivity contribution in [3.63, 3.8) is 0 Å². The summed E-state index contributed by atoms with van der Waals surface area (Å²) in [6.45, 7) is 26.6. The maximum absolute atomic E-state index is 4.73. The topological polar surface area (TPSA) is 0 Å². The minimum absolute atomic E-state index is 0.0927. The van der Waals surface area contributed by atoms with Gasteiger partial charge in [-0.15, -0.1) is 0 Å². The van der Waals surface area contributed by atoms with Gasteiger partial charge in [0.05, 0.1) is 0 Å². The molecule has 0 amide bonds. The molecule has 0 bridgehead atoms. The smallest absolute Gasteiger partial charge is 0.0245 e. The average molecular weight is 391 g/mol. The number of thiol groups is 1. The molecule has 0 saturated carbocycles. The van der Waals surface area contributed by atoms with Gasteiger partial charge in [-0.05, 0) is 57.3 Å². The molecule has 2 aromatic rings. The Labute approximate surface area is 177 Å². The summed E-state index contributed by atoms with van der Waals surface area (Å²) in [5.41, 5.74) is 9.08. The maximum Gasteiger partial charge on any atom is 0.0245 e. The lowest BCUT2D eigenvalue weighted by molar-refractivity contribution is 0.866. The Kier molecular flexibility index (Phi) is 9.28. The van der Waals surface area contributed by atoms with E-state index in [0.717, 1.165) is 33.4 Å². The van der Waals surface area contributed by atoms with Gasteiger partial charge in [-0.3, -0.25) is 0 Å². The van der Waals surface area contributed by atoms with Crippen LogP contribution >= 0.6 is 12.6 Å². The lowest BCUT2D eigenvalue weighted by atomic mass is 9.83. The van der Waals surface area contributed by atoms with Crippen LogP contribution in [0.3, 0.4) is 0 Å². The molecule has 0 saturated heterocycles.